The fraction of sp³-hybridized carbons (Fsp3) is 0.810. The maximum absolute atomic E-state index is 12.7. The molecular formula is C21H38N2O5. The number of hydrogen-bond acceptors (Lipinski definition) is 4. The number of carboxylic acid groups (broad SMARTS) is 1. The summed E-state index contributed by atoms with van der Waals surface area (Å²) < 4.78 is 0. The summed E-state index contributed by atoms with van der Waals surface area (Å²) in [5.41, 5.74) is -1.60. The van der Waals surface area contributed by atoms with Crippen molar-refractivity contribution in [3.05, 3.63) is 0 Å². The molecule has 7 heteroatoms. The average molecular weight is 399 g/mol. The van der Waals surface area contributed by atoms with Crippen LogP contribution in [0.25, 0.3) is 0 Å². The molecule has 0 aliphatic heterocycles. The molecule has 0 aromatic rings. The van der Waals surface area contributed by atoms with Gasteiger partial charge in [0.25, 0.3) is 0 Å². The Hall–Kier alpha value is -1.92. The molecule has 7 nitrogen and oxygen atoms in total. The van der Waals surface area contributed by atoms with Gasteiger partial charge in [-0.15, -0.1) is 0 Å². The molecule has 0 unspecified atom stereocenters. The van der Waals surface area contributed by atoms with Crippen molar-refractivity contribution in [2.75, 3.05) is 0 Å². The van der Waals surface area contributed by atoms with Crippen molar-refractivity contribution in [3.63, 3.8) is 0 Å². The molecule has 3 N–H and O–H groups in total. The normalized spacial score (nSPS) is 13.9. The van der Waals surface area contributed by atoms with Crippen LogP contribution in [-0.4, -0.2) is 40.8 Å². The second kappa shape index (κ2) is 11.8. The number of hydrogen-bond donors (Lipinski definition) is 3. The van der Waals surface area contributed by atoms with Crippen LogP contribution in [0.4, 0.5) is 0 Å². The van der Waals surface area contributed by atoms with E-state index in [9.17, 15) is 24.3 Å². The van der Waals surface area contributed by atoms with Gasteiger partial charge in [0.15, 0.2) is 5.78 Å². The van der Waals surface area contributed by atoms with Crippen LogP contribution in [0.1, 0.15) is 80.6 Å². The van der Waals surface area contributed by atoms with Gasteiger partial charge in [0.1, 0.15) is 11.5 Å². The zero-order valence-corrected chi connectivity index (χ0v) is 18.4. The highest BCUT2D eigenvalue weighted by Crippen LogP contribution is 2.22. The van der Waals surface area contributed by atoms with E-state index >= 15 is 0 Å². The summed E-state index contributed by atoms with van der Waals surface area (Å²) in [6.07, 6.45) is 3.46. The molecule has 0 fully saturated rings. The van der Waals surface area contributed by atoms with Crippen LogP contribution in [0.3, 0.4) is 0 Å². The molecule has 0 radical (unpaired) electrons. The van der Waals surface area contributed by atoms with Gasteiger partial charge in [0.2, 0.25) is 11.8 Å². The molecule has 0 spiro atoms. The quantitative estimate of drug-likeness (QED) is 0.326. The van der Waals surface area contributed by atoms with Gasteiger partial charge in [0.05, 0.1) is 6.04 Å². The molecule has 2 amide bonds. The minimum atomic E-state index is -1.60. The Labute approximate surface area is 169 Å². The number of amides is 2. The van der Waals surface area contributed by atoms with Gasteiger partial charge in [-0.1, -0.05) is 40.5 Å². The number of carbonyl (C=O) groups excluding carboxylic acids is 3. The van der Waals surface area contributed by atoms with E-state index in [1.54, 1.807) is 6.92 Å². The van der Waals surface area contributed by atoms with Crippen molar-refractivity contribution in [3.8, 4) is 0 Å². The van der Waals surface area contributed by atoms with E-state index in [4.69, 9.17) is 0 Å². The second-order valence-electron chi connectivity index (χ2n) is 8.91. The van der Waals surface area contributed by atoms with Crippen molar-refractivity contribution in [1.29, 1.82) is 0 Å². The van der Waals surface area contributed by atoms with Gasteiger partial charge >= 0.3 is 5.97 Å². The predicted molar refractivity (Wildman–Crippen MR) is 109 cm³/mol. The highest BCUT2D eigenvalue weighted by molar-refractivity contribution is 6.06. The largest absolute Gasteiger partial charge is 0.481 e. The lowest BCUT2D eigenvalue weighted by Gasteiger charge is -2.27. The third-order valence-electron chi connectivity index (χ3n) is 4.70. The van der Waals surface area contributed by atoms with Crippen LogP contribution in [0.15, 0.2) is 0 Å². The van der Waals surface area contributed by atoms with E-state index in [0.29, 0.717) is 18.8 Å². The molecule has 0 aromatic carbocycles. The first-order valence-corrected chi connectivity index (χ1v) is 10.2. The molecule has 0 heterocycles. The van der Waals surface area contributed by atoms with E-state index in [0.717, 1.165) is 19.3 Å². The standard InChI is InChI=1S/C21H38N2O5/c1-13(2)10-8-9-11-17(24)22-15(5)19(26)23-16(12-14(3)4)18(25)21(6,7)20(27)28/h13-16H,8-12H2,1-7H3,(H,22,24)(H,23,26)(H,27,28)/t15-,16-/m0/s1. The minimum absolute atomic E-state index is 0.0877. The number of unbranched alkanes of at least 4 members (excludes halogenated alkanes) is 1. The molecule has 0 saturated carbocycles. The van der Waals surface area contributed by atoms with Gasteiger partial charge in [-0.3, -0.25) is 19.2 Å². The average Bonchev–Trinajstić information content (AvgIpc) is 2.56. The summed E-state index contributed by atoms with van der Waals surface area (Å²) in [4.78, 5) is 48.5. The Morgan fingerprint density at radius 3 is 1.93 bits per heavy atom. The third-order valence-corrected chi connectivity index (χ3v) is 4.70. The zero-order chi connectivity index (χ0) is 22.1. The summed E-state index contributed by atoms with van der Waals surface area (Å²) in [5, 5.41) is 14.6. The molecule has 162 valence electrons. The van der Waals surface area contributed by atoms with Crippen LogP contribution in [0.5, 0.6) is 0 Å². The van der Waals surface area contributed by atoms with Gasteiger partial charge in [-0.2, -0.15) is 0 Å². The van der Waals surface area contributed by atoms with Crippen LogP contribution in [0, 0.1) is 17.3 Å². The minimum Gasteiger partial charge on any atom is -0.481 e. The van der Waals surface area contributed by atoms with Crippen LogP contribution in [0.2, 0.25) is 0 Å². The van der Waals surface area contributed by atoms with E-state index in [1.807, 2.05) is 13.8 Å². The van der Waals surface area contributed by atoms with Gasteiger partial charge < -0.3 is 15.7 Å². The summed E-state index contributed by atoms with van der Waals surface area (Å²) in [5.74, 6) is -1.79. The monoisotopic (exact) mass is 398 g/mol. The Morgan fingerprint density at radius 2 is 1.46 bits per heavy atom. The molecule has 2 atom stereocenters. The SMILES string of the molecule is CC(C)CCCCC(=O)N[C@@H](C)C(=O)N[C@@H](CC(C)C)C(=O)C(C)(C)C(=O)O. The maximum atomic E-state index is 12.7. The van der Waals surface area contributed by atoms with E-state index in [-0.39, 0.29) is 11.8 Å². The number of rotatable bonds is 13. The molecule has 0 aromatic heterocycles. The van der Waals surface area contributed by atoms with E-state index in [2.05, 4.69) is 24.5 Å². The topological polar surface area (TPSA) is 113 Å². The summed E-state index contributed by atoms with van der Waals surface area (Å²) in [6, 6.07) is -1.71. The number of nitrogens with one attached hydrogen (secondary N) is 2. The van der Waals surface area contributed by atoms with Crippen molar-refractivity contribution < 1.29 is 24.3 Å². The van der Waals surface area contributed by atoms with Gasteiger partial charge in [0, 0.05) is 6.42 Å². The number of ketones is 1. The van der Waals surface area contributed by atoms with E-state index in [1.165, 1.54) is 13.8 Å². The summed E-state index contributed by atoms with van der Waals surface area (Å²) >= 11 is 0. The second-order valence-corrected chi connectivity index (χ2v) is 8.91. The number of aliphatic carboxylic acids is 1. The molecule has 0 aliphatic carbocycles. The first-order chi connectivity index (χ1) is 12.8. The Bertz CT molecular complexity index is 555. The highest BCUT2D eigenvalue weighted by atomic mass is 16.4. The lowest BCUT2D eigenvalue weighted by molar-refractivity contribution is -0.154. The molecule has 0 bridgehead atoms. The summed E-state index contributed by atoms with van der Waals surface area (Å²) in [7, 11) is 0. The zero-order valence-electron chi connectivity index (χ0n) is 18.4. The Morgan fingerprint density at radius 1 is 0.893 bits per heavy atom. The van der Waals surface area contributed by atoms with Crippen molar-refractivity contribution in [2.24, 2.45) is 17.3 Å². The number of Topliss-reactive ketones (excluding diaryl/α,β-unsaturated/α-hetero) is 1. The number of carboxylic acids is 1. The van der Waals surface area contributed by atoms with Crippen molar-refractivity contribution in [2.45, 2.75) is 92.7 Å². The Balaban J connectivity index is 4.82. The Kier molecular flexibility index (Phi) is 11.0. The third kappa shape index (κ3) is 9.33. The van der Waals surface area contributed by atoms with Crippen molar-refractivity contribution >= 4 is 23.6 Å². The molecular weight excluding hydrogens is 360 g/mol. The first-order valence-electron chi connectivity index (χ1n) is 10.2. The molecule has 0 aliphatic rings. The lowest BCUT2D eigenvalue weighted by Crippen LogP contribution is -2.54. The highest BCUT2D eigenvalue weighted by Gasteiger charge is 2.41. The predicted octanol–water partition coefficient (Wildman–Crippen LogP) is 2.92. The van der Waals surface area contributed by atoms with Crippen LogP contribution >= 0.6 is 0 Å². The lowest BCUT2D eigenvalue weighted by atomic mass is 9.81. The fourth-order valence-electron chi connectivity index (χ4n) is 2.76. The summed E-state index contributed by atoms with van der Waals surface area (Å²) in [6.45, 7) is 12.3. The van der Waals surface area contributed by atoms with E-state index < -0.39 is 35.2 Å². The van der Waals surface area contributed by atoms with Gasteiger partial charge in [-0.05, 0) is 45.4 Å². The molecule has 0 rings (SSSR count). The van der Waals surface area contributed by atoms with Crippen molar-refractivity contribution in [1.82, 2.24) is 10.6 Å². The maximum Gasteiger partial charge on any atom is 0.316 e. The smallest absolute Gasteiger partial charge is 0.316 e. The first kappa shape index (κ1) is 26.1. The van der Waals surface area contributed by atoms with Gasteiger partial charge in [-0.25, -0.2) is 0 Å². The molecule has 0 saturated heterocycles. The van der Waals surface area contributed by atoms with Crippen LogP contribution in [-0.2, 0) is 19.2 Å². The fourth-order valence-corrected chi connectivity index (χ4v) is 2.76. The number of carbonyl (C=O) groups is 4. The van der Waals surface area contributed by atoms with Crippen LogP contribution < -0.4 is 10.6 Å². The molecule has 28 heavy (non-hydrogen) atoms.